The van der Waals surface area contributed by atoms with Gasteiger partial charge in [-0.15, -0.1) is 0 Å². The molecule has 0 aliphatic carbocycles. The number of aliphatic carboxylic acids is 1. The van der Waals surface area contributed by atoms with Crippen LogP contribution in [0.25, 0.3) is 0 Å². The van der Waals surface area contributed by atoms with E-state index in [1.807, 2.05) is 30.4 Å². The summed E-state index contributed by atoms with van der Waals surface area (Å²) in [5.74, 6) is -0.807. The van der Waals surface area contributed by atoms with E-state index in [2.05, 4.69) is 25.2 Å². The van der Waals surface area contributed by atoms with Gasteiger partial charge in [0.25, 0.3) is 0 Å². The van der Waals surface area contributed by atoms with Crippen molar-refractivity contribution < 1.29 is 15.0 Å². The Morgan fingerprint density at radius 3 is 2.39 bits per heavy atom. The Labute approximate surface area is 141 Å². The Balaban J connectivity index is 3.60. The van der Waals surface area contributed by atoms with Gasteiger partial charge in [0, 0.05) is 6.42 Å². The van der Waals surface area contributed by atoms with Gasteiger partial charge in [-0.2, -0.15) is 0 Å². The highest BCUT2D eigenvalue weighted by molar-refractivity contribution is 5.66. The van der Waals surface area contributed by atoms with E-state index in [9.17, 15) is 9.90 Å². The van der Waals surface area contributed by atoms with Crippen molar-refractivity contribution >= 4 is 5.97 Å². The maximum absolute atomic E-state index is 10.4. The van der Waals surface area contributed by atoms with Crippen LogP contribution in [0.15, 0.2) is 48.6 Å². The maximum atomic E-state index is 10.4. The van der Waals surface area contributed by atoms with E-state index in [4.69, 9.17) is 5.11 Å². The van der Waals surface area contributed by atoms with Crippen LogP contribution in [0.2, 0.25) is 0 Å². The van der Waals surface area contributed by atoms with Crippen molar-refractivity contribution in [2.45, 2.75) is 70.8 Å². The highest BCUT2D eigenvalue weighted by Gasteiger charge is 2.03. The van der Waals surface area contributed by atoms with Crippen molar-refractivity contribution in [2.24, 2.45) is 0 Å². The summed E-state index contributed by atoms with van der Waals surface area (Å²) >= 11 is 0. The molecular formula is C20H32O3. The van der Waals surface area contributed by atoms with Crippen LogP contribution in [0, 0.1) is 0 Å². The number of hydrogen-bond acceptors (Lipinski definition) is 2. The number of carboxylic acid groups (broad SMARTS) is 1. The highest BCUT2D eigenvalue weighted by Crippen LogP contribution is 2.05. The van der Waals surface area contributed by atoms with E-state index in [0.717, 1.165) is 6.42 Å². The molecule has 23 heavy (non-hydrogen) atoms. The third kappa shape index (κ3) is 18.3. The third-order valence-corrected chi connectivity index (χ3v) is 3.35. The van der Waals surface area contributed by atoms with Gasteiger partial charge in [-0.1, -0.05) is 68.4 Å². The first kappa shape index (κ1) is 21.4. The van der Waals surface area contributed by atoms with Gasteiger partial charge in [0.15, 0.2) is 0 Å². The van der Waals surface area contributed by atoms with E-state index in [-0.39, 0.29) is 6.42 Å². The van der Waals surface area contributed by atoms with Crippen LogP contribution in [-0.2, 0) is 4.79 Å². The second-order valence-electron chi connectivity index (χ2n) is 5.62. The fraction of sp³-hybridized carbons (Fsp3) is 0.550. The third-order valence-electron chi connectivity index (χ3n) is 3.35. The number of unbranched alkanes of at least 4 members (excludes halogenated alkanes) is 3. The first-order chi connectivity index (χ1) is 11.2. The topological polar surface area (TPSA) is 57.5 Å². The van der Waals surface area contributed by atoms with Gasteiger partial charge in [0.05, 0.1) is 6.10 Å². The number of hydrogen-bond donors (Lipinski definition) is 2. The van der Waals surface area contributed by atoms with Gasteiger partial charge in [0.1, 0.15) is 0 Å². The Bertz CT molecular complexity index is 392. The molecule has 0 rings (SSSR count). The lowest BCUT2D eigenvalue weighted by atomic mass is 10.1. The van der Waals surface area contributed by atoms with Crippen LogP contribution in [0.5, 0.6) is 0 Å². The first-order valence-corrected chi connectivity index (χ1v) is 8.70. The van der Waals surface area contributed by atoms with E-state index < -0.39 is 12.1 Å². The zero-order chi connectivity index (χ0) is 17.2. The van der Waals surface area contributed by atoms with Gasteiger partial charge >= 0.3 is 5.97 Å². The quantitative estimate of drug-likeness (QED) is 0.263. The summed E-state index contributed by atoms with van der Waals surface area (Å²) in [6, 6.07) is 0. The molecule has 1 atom stereocenters. The fourth-order valence-electron chi connectivity index (χ4n) is 2.01. The normalized spacial score (nSPS) is 13.8. The Morgan fingerprint density at radius 1 is 0.957 bits per heavy atom. The number of carboxylic acids is 1. The molecule has 0 heterocycles. The zero-order valence-electron chi connectivity index (χ0n) is 14.4. The zero-order valence-corrected chi connectivity index (χ0v) is 14.4. The Kier molecular flexibility index (Phi) is 15.6. The fourth-order valence-corrected chi connectivity index (χ4v) is 2.01. The van der Waals surface area contributed by atoms with Crippen LogP contribution in [-0.4, -0.2) is 22.3 Å². The van der Waals surface area contributed by atoms with E-state index in [1.165, 1.54) is 25.7 Å². The highest BCUT2D eigenvalue weighted by atomic mass is 16.4. The number of aliphatic hydroxyl groups is 1. The molecule has 0 radical (unpaired) electrons. The molecular weight excluding hydrogens is 288 g/mol. The molecule has 0 aliphatic heterocycles. The van der Waals surface area contributed by atoms with Crippen LogP contribution >= 0.6 is 0 Å². The molecule has 0 bridgehead atoms. The molecule has 2 N–H and O–H groups in total. The van der Waals surface area contributed by atoms with E-state index >= 15 is 0 Å². The van der Waals surface area contributed by atoms with Crippen molar-refractivity contribution in [1.29, 1.82) is 0 Å². The summed E-state index contributed by atoms with van der Waals surface area (Å²) in [6.45, 7) is 2.22. The molecule has 3 heteroatoms. The van der Waals surface area contributed by atoms with Gasteiger partial charge in [-0.05, 0) is 38.5 Å². The number of aliphatic hydroxyl groups excluding tert-OH is 1. The van der Waals surface area contributed by atoms with E-state index in [1.54, 1.807) is 0 Å². The second-order valence-corrected chi connectivity index (χ2v) is 5.62. The Hall–Kier alpha value is -1.61. The van der Waals surface area contributed by atoms with Crippen molar-refractivity contribution in [3.05, 3.63) is 48.6 Å². The summed E-state index contributed by atoms with van der Waals surface area (Å²) in [6.07, 6.45) is 23.6. The molecule has 0 aliphatic rings. The minimum Gasteiger partial charge on any atom is -0.481 e. The van der Waals surface area contributed by atoms with Crippen LogP contribution < -0.4 is 0 Å². The smallest absolute Gasteiger partial charge is 0.303 e. The summed E-state index contributed by atoms with van der Waals surface area (Å²) in [4.78, 5) is 10.4. The standard InChI is InChI=1S/C20H32O3/c1-2-3-4-5-6-7-8-9-10-11-12-13-14-16-19(21)17-15-18-20(22)23/h6-7,9-14,19,21H,2-5,8,15-18H2,1H3,(H,22,23)/b7-6-,10-9-,12-11+,14-13+/t19-/m1/s1. The predicted molar refractivity (Wildman–Crippen MR) is 97.4 cm³/mol. The first-order valence-electron chi connectivity index (χ1n) is 8.70. The van der Waals surface area contributed by atoms with Gasteiger partial charge in [0.2, 0.25) is 0 Å². The lowest BCUT2D eigenvalue weighted by Crippen LogP contribution is -2.06. The summed E-state index contributed by atoms with van der Waals surface area (Å²) in [5.41, 5.74) is 0. The minimum atomic E-state index is -0.807. The maximum Gasteiger partial charge on any atom is 0.303 e. The molecule has 0 saturated carbocycles. The van der Waals surface area contributed by atoms with Crippen molar-refractivity contribution in [3.63, 3.8) is 0 Å². The van der Waals surface area contributed by atoms with E-state index in [0.29, 0.717) is 19.3 Å². The lowest BCUT2D eigenvalue weighted by Gasteiger charge is -2.05. The molecule has 0 aromatic rings. The Morgan fingerprint density at radius 2 is 1.70 bits per heavy atom. The largest absolute Gasteiger partial charge is 0.481 e. The summed E-state index contributed by atoms with van der Waals surface area (Å²) < 4.78 is 0. The van der Waals surface area contributed by atoms with Crippen LogP contribution in [0.1, 0.15) is 64.7 Å². The summed E-state index contributed by atoms with van der Waals surface area (Å²) in [7, 11) is 0. The molecule has 0 amide bonds. The number of rotatable bonds is 14. The molecule has 3 nitrogen and oxygen atoms in total. The number of allylic oxidation sites excluding steroid dienone is 7. The van der Waals surface area contributed by atoms with Crippen molar-refractivity contribution in [3.8, 4) is 0 Å². The van der Waals surface area contributed by atoms with Crippen LogP contribution in [0.4, 0.5) is 0 Å². The lowest BCUT2D eigenvalue weighted by molar-refractivity contribution is -0.137. The molecule has 0 fully saturated rings. The molecule has 0 unspecified atom stereocenters. The molecule has 0 spiro atoms. The number of carbonyl (C=O) groups is 1. The predicted octanol–water partition coefficient (Wildman–Crippen LogP) is 5.19. The SMILES string of the molecule is CCCCC/C=C\C\C=C/C=C/C=C/C[C@@H](O)CCCC(=O)O. The molecule has 0 aromatic carbocycles. The average molecular weight is 320 g/mol. The molecule has 130 valence electrons. The minimum absolute atomic E-state index is 0.124. The monoisotopic (exact) mass is 320 g/mol. The van der Waals surface area contributed by atoms with Crippen molar-refractivity contribution in [2.75, 3.05) is 0 Å². The molecule has 0 saturated heterocycles. The van der Waals surface area contributed by atoms with Gasteiger partial charge in [-0.25, -0.2) is 0 Å². The van der Waals surface area contributed by atoms with Gasteiger partial charge in [-0.3, -0.25) is 4.79 Å². The van der Waals surface area contributed by atoms with Gasteiger partial charge < -0.3 is 10.2 Å². The second kappa shape index (κ2) is 16.8. The van der Waals surface area contributed by atoms with Crippen molar-refractivity contribution in [1.82, 2.24) is 0 Å². The average Bonchev–Trinajstić information content (AvgIpc) is 2.51. The van der Waals surface area contributed by atoms with Crippen LogP contribution in [0.3, 0.4) is 0 Å². The summed E-state index contributed by atoms with van der Waals surface area (Å²) in [5, 5.41) is 18.2. The molecule has 0 aromatic heterocycles.